The third-order valence-electron chi connectivity index (χ3n) is 3.70. The number of nitrogens with zero attached hydrogens (tertiary/aromatic N) is 4. The van der Waals surface area contributed by atoms with E-state index in [2.05, 4.69) is 15.0 Å². The first-order chi connectivity index (χ1) is 10.8. The van der Waals surface area contributed by atoms with Crippen molar-refractivity contribution in [3.63, 3.8) is 0 Å². The highest BCUT2D eigenvalue weighted by Crippen LogP contribution is 2.20. The van der Waals surface area contributed by atoms with Crippen molar-refractivity contribution in [2.45, 2.75) is 12.8 Å². The fraction of sp³-hybridized carbons (Fsp3) is 0.467. The maximum Gasteiger partial charge on any atom is 0.217 e. The number of ether oxygens (including phenoxy) is 2. The van der Waals surface area contributed by atoms with E-state index in [1.807, 2.05) is 7.05 Å². The van der Waals surface area contributed by atoms with E-state index in [0.29, 0.717) is 36.2 Å². The Morgan fingerprint density at radius 2 is 2.23 bits per heavy atom. The van der Waals surface area contributed by atoms with E-state index < -0.39 is 0 Å². The average molecular weight is 302 g/mol. The normalized spacial score (nSPS) is 15.7. The number of aromatic nitrogens is 4. The molecule has 7 nitrogen and oxygen atoms in total. The van der Waals surface area contributed by atoms with Crippen LogP contribution in [0.25, 0.3) is 11.5 Å². The zero-order valence-corrected chi connectivity index (χ0v) is 12.4. The Kier molecular flexibility index (Phi) is 4.43. The topological polar surface area (TPSA) is 79.1 Å². The number of carbonyl (C=O) groups excluding carboxylic acids is 1. The summed E-state index contributed by atoms with van der Waals surface area (Å²) < 4.78 is 12.9. The molecule has 1 aliphatic heterocycles. The summed E-state index contributed by atoms with van der Waals surface area (Å²) in [7, 11) is 1.85. The minimum Gasteiger partial charge on any atom is -0.477 e. The van der Waals surface area contributed by atoms with Crippen molar-refractivity contribution in [1.29, 1.82) is 0 Å². The molecule has 2 aromatic heterocycles. The molecule has 22 heavy (non-hydrogen) atoms. The second-order valence-electron chi connectivity index (χ2n) is 5.33. The highest BCUT2D eigenvalue weighted by Gasteiger charge is 2.16. The van der Waals surface area contributed by atoms with Crippen molar-refractivity contribution < 1.29 is 14.3 Å². The van der Waals surface area contributed by atoms with Crippen LogP contribution in [0.3, 0.4) is 0 Å². The molecule has 0 radical (unpaired) electrons. The van der Waals surface area contributed by atoms with Crippen LogP contribution in [0, 0.1) is 5.92 Å². The van der Waals surface area contributed by atoms with Gasteiger partial charge in [0, 0.05) is 26.3 Å². The molecule has 116 valence electrons. The lowest BCUT2D eigenvalue weighted by Crippen LogP contribution is -2.21. The molecule has 0 amide bonds. The van der Waals surface area contributed by atoms with Crippen LogP contribution in [0.4, 0.5) is 0 Å². The Morgan fingerprint density at radius 3 is 2.91 bits per heavy atom. The number of hydrogen-bond donors (Lipinski definition) is 0. The molecule has 0 aliphatic carbocycles. The van der Waals surface area contributed by atoms with Crippen molar-refractivity contribution in [1.82, 2.24) is 19.5 Å². The maximum absolute atomic E-state index is 11.1. The van der Waals surface area contributed by atoms with E-state index in [1.54, 1.807) is 23.2 Å². The molecule has 1 fully saturated rings. The van der Waals surface area contributed by atoms with E-state index in [0.717, 1.165) is 31.7 Å². The predicted molar refractivity (Wildman–Crippen MR) is 78.7 cm³/mol. The van der Waals surface area contributed by atoms with Crippen LogP contribution in [-0.4, -0.2) is 45.6 Å². The molecule has 3 rings (SSSR count). The molecular weight excluding hydrogens is 284 g/mol. The van der Waals surface area contributed by atoms with Gasteiger partial charge in [-0.05, 0) is 18.8 Å². The van der Waals surface area contributed by atoms with Gasteiger partial charge in [-0.3, -0.25) is 4.79 Å². The molecule has 1 aliphatic rings. The third kappa shape index (κ3) is 3.30. The number of hydrogen-bond acceptors (Lipinski definition) is 6. The summed E-state index contributed by atoms with van der Waals surface area (Å²) in [5.41, 5.74) is 1.03. The Balaban J connectivity index is 1.78. The number of imidazole rings is 1. The van der Waals surface area contributed by atoms with Gasteiger partial charge in [-0.25, -0.2) is 9.97 Å². The summed E-state index contributed by atoms with van der Waals surface area (Å²) in [5, 5.41) is 0. The van der Waals surface area contributed by atoms with Gasteiger partial charge in [0.1, 0.15) is 11.4 Å². The summed E-state index contributed by atoms with van der Waals surface area (Å²) in [6, 6.07) is 1.56. The van der Waals surface area contributed by atoms with Crippen LogP contribution >= 0.6 is 0 Å². The molecule has 0 spiro atoms. The smallest absolute Gasteiger partial charge is 0.217 e. The number of rotatable bonds is 5. The van der Waals surface area contributed by atoms with Crippen LogP contribution in [0.1, 0.15) is 23.3 Å². The van der Waals surface area contributed by atoms with Gasteiger partial charge in [-0.15, -0.1) is 0 Å². The summed E-state index contributed by atoms with van der Waals surface area (Å²) in [5.74, 6) is 1.31. The Bertz CT molecular complexity index is 650. The van der Waals surface area contributed by atoms with Gasteiger partial charge in [0.2, 0.25) is 5.88 Å². The minimum atomic E-state index is 0.299. The fourth-order valence-corrected chi connectivity index (χ4v) is 2.38. The maximum atomic E-state index is 11.1. The molecule has 0 atom stereocenters. The van der Waals surface area contributed by atoms with E-state index in [-0.39, 0.29) is 0 Å². The molecule has 0 unspecified atom stereocenters. The second kappa shape index (κ2) is 6.65. The minimum absolute atomic E-state index is 0.299. The van der Waals surface area contributed by atoms with Crippen molar-refractivity contribution in [3.8, 4) is 17.4 Å². The highest BCUT2D eigenvalue weighted by atomic mass is 16.5. The molecule has 3 heterocycles. The van der Waals surface area contributed by atoms with Crippen molar-refractivity contribution >= 4 is 6.29 Å². The van der Waals surface area contributed by atoms with E-state index in [9.17, 15) is 4.79 Å². The lowest BCUT2D eigenvalue weighted by molar-refractivity contribution is 0.0490. The van der Waals surface area contributed by atoms with Crippen molar-refractivity contribution in [2.75, 3.05) is 19.8 Å². The van der Waals surface area contributed by atoms with Gasteiger partial charge in [-0.2, -0.15) is 4.98 Å². The van der Waals surface area contributed by atoms with E-state index in [4.69, 9.17) is 9.47 Å². The summed E-state index contributed by atoms with van der Waals surface area (Å²) in [6.45, 7) is 2.12. The lowest BCUT2D eigenvalue weighted by atomic mass is 10.0. The summed E-state index contributed by atoms with van der Waals surface area (Å²) in [4.78, 5) is 23.7. The zero-order valence-electron chi connectivity index (χ0n) is 12.4. The predicted octanol–water partition coefficient (Wildman–Crippen LogP) is 1.49. The molecule has 0 N–H and O–H groups in total. The first-order valence-electron chi connectivity index (χ1n) is 7.28. The number of carbonyl (C=O) groups is 1. The molecule has 7 heteroatoms. The standard InChI is InChI=1S/C15H18N4O3/c1-19-10-16-7-13(19)15-17-12(8-20)6-14(18-15)22-9-11-2-4-21-5-3-11/h6-8,10-11H,2-5,9H2,1H3. The van der Waals surface area contributed by atoms with Gasteiger partial charge < -0.3 is 14.0 Å². The van der Waals surface area contributed by atoms with Crippen LogP contribution in [0.15, 0.2) is 18.6 Å². The number of aldehydes is 1. The molecule has 0 bridgehead atoms. The van der Waals surface area contributed by atoms with Gasteiger partial charge in [-0.1, -0.05) is 0 Å². The first kappa shape index (κ1) is 14.6. The Hall–Kier alpha value is -2.28. The van der Waals surface area contributed by atoms with Crippen molar-refractivity contribution in [3.05, 3.63) is 24.3 Å². The number of aryl methyl sites for hydroxylation is 1. The van der Waals surface area contributed by atoms with Crippen LogP contribution in [0.5, 0.6) is 5.88 Å². The van der Waals surface area contributed by atoms with Crippen LogP contribution in [-0.2, 0) is 11.8 Å². The monoisotopic (exact) mass is 302 g/mol. The highest BCUT2D eigenvalue weighted by molar-refractivity contribution is 5.73. The van der Waals surface area contributed by atoms with Crippen LogP contribution in [0.2, 0.25) is 0 Å². The lowest BCUT2D eigenvalue weighted by Gasteiger charge is -2.21. The van der Waals surface area contributed by atoms with Crippen molar-refractivity contribution in [2.24, 2.45) is 13.0 Å². The van der Waals surface area contributed by atoms with E-state index >= 15 is 0 Å². The first-order valence-corrected chi connectivity index (χ1v) is 7.28. The Labute approximate surface area is 128 Å². The fourth-order valence-electron chi connectivity index (χ4n) is 2.38. The SMILES string of the molecule is Cn1cncc1-c1nc(C=O)cc(OCC2CCOCC2)n1. The van der Waals surface area contributed by atoms with Gasteiger partial charge in [0.25, 0.3) is 0 Å². The second-order valence-corrected chi connectivity index (χ2v) is 5.33. The largest absolute Gasteiger partial charge is 0.477 e. The van der Waals surface area contributed by atoms with Crippen LogP contribution < -0.4 is 4.74 Å². The average Bonchev–Trinajstić information content (AvgIpc) is 2.99. The molecule has 0 saturated carbocycles. The van der Waals surface area contributed by atoms with E-state index in [1.165, 1.54) is 0 Å². The molecule has 2 aromatic rings. The zero-order chi connectivity index (χ0) is 15.4. The van der Waals surface area contributed by atoms with Gasteiger partial charge >= 0.3 is 0 Å². The summed E-state index contributed by atoms with van der Waals surface area (Å²) in [6.07, 6.45) is 5.99. The molecule has 0 aromatic carbocycles. The Morgan fingerprint density at radius 1 is 1.41 bits per heavy atom. The quantitative estimate of drug-likeness (QED) is 0.779. The molecule has 1 saturated heterocycles. The van der Waals surface area contributed by atoms with Gasteiger partial charge in [0.05, 0.1) is 19.1 Å². The third-order valence-corrected chi connectivity index (χ3v) is 3.70. The molecular formula is C15H18N4O3. The summed E-state index contributed by atoms with van der Waals surface area (Å²) >= 11 is 0. The van der Waals surface area contributed by atoms with Gasteiger partial charge in [0.15, 0.2) is 12.1 Å².